The number of hydrogen-bond donors (Lipinski definition) is 1. The number of halogens is 1. The maximum absolute atomic E-state index is 12.8. The summed E-state index contributed by atoms with van der Waals surface area (Å²) in [4.78, 5) is 25.6. The van der Waals surface area contributed by atoms with Crippen LogP contribution >= 0.6 is 15.9 Å². The van der Waals surface area contributed by atoms with Crippen LogP contribution < -0.4 is 5.32 Å². The smallest absolute Gasteiger partial charge is 0.259 e. The molecular formula is C22H16BrN3O2. The Morgan fingerprint density at radius 3 is 2.04 bits per heavy atom. The molecule has 0 atom stereocenters. The predicted molar refractivity (Wildman–Crippen MR) is 114 cm³/mol. The fourth-order valence-electron chi connectivity index (χ4n) is 4.07. The molecule has 2 aromatic heterocycles. The Labute approximate surface area is 169 Å². The highest BCUT2D eigenvalue weighted by Gasteiger charge is 2.35. The normalized spacial score (nSPS) is 14.5. The van der Waals surface area contributed by atoms with E-state index in [0.29, 0.717) is 11.1 Å². The third kappa shape index (κ3) is 2.31. The monoisotopic (exact) mass is 433 g/mol. The fraction of sp³-hybridized carbons (Fsp3) is 0.0909. The molecule has 3 heterocycles. The number of para-hydroxylation sites is 1. The Morgan fingerprint density at radius 2 is 1.36 bits per heavy atom. The number of carbonyl (C=O) groups is 2. The van der Waals surface area contributed by atoms with Crippen LogP contribution in [0.4, 0.5) is 0 Å². The molecule has 138 valence electrons. The zero-order valence-corrected chi connectivity index (χ0v) is 16.9. The zero-order valence-electron chi connectivity index (χ0n) is 15.3. The molecule has 0 radical (unpaired) electrons. The highest BCUT2D eigenvalue weighted by Crippen LogP contribution is 2.38. The van der Waals surface area contributed by atoms with Crippen LogP contribution in [0, 0.1) is 0 Å². The van der Waals surface area contributed by atoms with E-state index in [1.54, 1.807) is 0 Å². The molecule has 6 heteroatoms. The summed E-state index contributed by atoms with van der Waals surface area (Å²) in [6, 6.07) is 13.8. The van der Waals surface area contributed by atoms with E-state index in [1.807, 2.05) is 78.1 Å². The Kier molecular flexibility index (Phi) is 3.61. The van der Waals surface area contributed by atoms with Crippen LogP contribution in [0.5, 0.6) is 0 Å². The van der Waals surface area contributed by atoms with Gasteiger partial charge in [0, 0.05) is 63.9 Å². The molecule has 5 rings (SSSR count). The van der Waals surface area contributed by atoms with Crippen LogP contribution in [0.1, 0.15) is 11.1 Å². The van der Waals surface area contributed by atoms with Crippen LogP contribution in [-0.4, -0.2) is 20.9 Å². The van der Waals surface area contributed by atoms with Crippen molar-refractivity contribution >= 4 is 60.7 Å². The average molecular weight is 434 g/mol. The van der Waals surface area contributed by atoms with Gasteiger partial charge in [0.1, 0.15) is 0 Å². The molecule has 0 bridgehead atoms. The zero-order chi connectivity index (χ0) is 19.6. The number of hydrogen-bond acceptors (Lipinski definition) is 2. The van der Waals surface area contributed by atoms with Crippen LogP contribution in [0.3, 0.4) is 0 Å². The summed E-state index contributed by atoms with van der Waals surface area (Å²) >= 11 is 3.50. The van der Waals surface area contributed by atoms with Gasteiger partial charge in [0.25, 0.3) is 11.8 Å². The molecular weight excluding hydrogens is 418 g/mol. The molecule has 4 aromatic rings. The van der Waals surface area contributed by atoms with E-state index >= 15 is 0 Å². The minimum Gasteiger partial charge on any atom is -0.350 e. The van der Waals surface area contributed by atoms with Gasteiger partial charge >= 0.3 is 0 Å². The lowest BCUT2D eigenvalue weighted by atomic mass is 9.95. The Hall–Kier alpha value is -3.12. The summed E-state index contributed by atoms with van der Waals surface area (Å²) in [6.07, 6.45) is 3.83. The third-order valence-electron chi connectivity index (χ3n) is 5.32. The van der Waals surface area contributed by atoms with Crippen molar-refractivity contribution in [3.63, 3.8) is 0 Å². The first kappa shape index (κ1) is 17.0. The average Bonchev–Trinajstić information content (AvgIpc) is 3.27. The van der Waals surface area contributed by atoms with Crippen molar-refractivity contribution in [1.82, 2.24) is 14.5 Å². The molecule has 5 nitrogen and oxygen atoms in total. The van der Waals surface area contributed by atoms with Crippen LogP contribution in [-0.2, 0) is 23.7 Å². The van der Waals surface area contributed by atoms with Crippen molar-refractivity contribution in [2.24, 2.45) is 14.1 Å². The molecule has 1 N–H and O–H groups in total. The number of rotatable bonds is 2. The number of aryl methyl sites for hydroxylation is 2. The van der Waals surface area contributed by atoms with E-state index in [2.05, 4.69) is 21.2 Å². The summed E-state index contributed by atoms with van der Waals surface area (Å²) in [5.74, 6) is -0.714. The lowest BCUT2D eigenvalue weighted by molar-refractivity contribution is -0.122. The van der Waals surface area contributed by atoms with Gasteiger partial charge in [0.15, 0.2) is 0 Å². The third-order valence-corrected chi connectivity index (χ3v) is 5.81. The van der Waals surface area contributed by atoms with Crippen molar-refractivity contribution in [3.8, 4) is 0 Å². The molecule has 0 aliphatic carbocycles. The number of nitrogens with one attached hydrogen (secondary N) is 1. The molecule has 0 unspecified atom stereocenters. The molecule has 0 fully saturated rings. The van der Waals surface area contributed by atoms with Crippen LogP contribution in [0.15, 0.2) is 59.3 Å². The molecule has 0 spiro atoms. The van der Waals surface area contributed by atoms with E-state index in [9.17, 15) is 9.59 Å². The number of imide groups is 1. The van der Waals surface area contributed by atoms with E-state index < -0.39 is 0 Å². The van der Waals surface area contributed by atoms with Crippen LogP contribution in [0.25, 0.3) is 33.0 Å². The minimum atomic E-state index is -0.358. The highest BCUT2D eigenvalue weighted by molar-refractivity contribution is 9.10. The van der Waals surface area contributed by atoms with E-state index in [1.165, 1.54) is 0 Å². The van der Waals surface area contributed by atoms with E-state index in [0.717, 1.165) is 37.4 Å². The Bertz CT molecular complexity index is 1360. The van der Waals surface area contributed by atoms with Crippen molar-refractivity contribution < 1.29 is 9.59 Å². The Balaban J connectivity index is 1.87. The lowest BCUT2D eigenvalue weighted by Crippen LogP contribution is -2.22. The van der Waals surface area contributed by atoms with Gasteiger partial charge in [-0.1, -0.05) is 40.2 Å². The maximum atomic E-state index is 12.8. The van der Waals surface area contributed by atoms with Gasteiger partial charge in [-0.25, -0.2) is 0 Å². The molecule has 0 saturated heterocycles. The lowest BCUT2D eigenvalue weighted by Gasteiger charge is -2.03. The van der Waals surface area contributed by atoms with Crippen molar-refractivity contribution in [3.05, 3.63) is 70.5 Å². The van der Waals surface area contributed by atoms with Crippen LogP contribution in [0.2, 0.25) is 0 Å². The molecule has 1 aliphatic heterocycles. The number of carbonyl (C=O) groups excluding carboxylic acids is 2. The van der Waals surface area contributed by atoms with Gasteiger partial charge in [0.05, 0.1) is 11.1 Å². The van der Waals surface area contributed by atoms with Gasteiger partial charge in [-0.2, -0.15) is 0 Å². The van der Waals surface area contributed by atoms with Gasteiger partial charge in [-0.15, -0.1) is 0 Å². The summed E-state index contributed by atoms with van der Waals surface area (Å²) in [6.45, 7) is 0. The second-order valence-electron chi connectivity index (χ2n) is 7.02. The first-order chi connectivity index (χ1) is 13.5. The SMILES string of the molecule is Cn1cc(C2=C(c3cn(C)c4cc(Br)ccc34)C(=O)NC2=O)c2ccccc21. The van der Waals surface area contributed by atoms with E-state index in [4.69, 9.17) is 0 Å². The number of aromatic nitrogens is 2. The van der Waals surface area contributed by atoms with Gasteiger partial charge in [-0.05, 0) is 18.2 Å². The van der Waals surface area contributed by atoms with Gasteiger partial charge in [-0.3, -0.25) is 14.9 Å². The quantitative estimate of drug-likeness (QED) is 0.485. The highest BCUT2D eigenvalue weighted by atomic mass is 79.9. The summed E-state index contributed by atoms with van der Waals surface area (Å²) < 4.78 is 4.91. The first-order valence-electron chi connectivity index (χ1n) is 8.85. The van der Waals surface area contributed by atoms with E-state index in [-0.39, 0.29) is 11.8 Å². The maximum Gasteiger partial charge on any atom is 0.259 e. The first-order valence-corrected chi connectivity index (χ1v) is 9.64. The molecule has 28 heavy (non-hydrogen) atoms. The predicted octanol–water partition coefficient (Wildman–Crippen LogP) is 4.00. The number of benzene rings is 2. The molecule has 0 saturated carbocycles. The second-order valence-corrected chi connectivity index (χ2v) is 7.93. The van der Waals surface area contributed by atoms with Crippen molar-refractivity contribution in [2.45, 2.75) is 0 Å². The van der Waals surface area contributed by atoms with Crippen molar-refractivity contribution in [1.29, 1.82) is 0 Å². The second kappa shape index (κ2) is 5.94. The van der Waals surface area contributed by atoms with Crippen molar-refractivity contribution in [2.75, 3.05) is 0 Å². The Morgan fingerprint density at radius 1 is 0.786 bits per heavy atom. The molecule has 1 aliphatic rings. The summed E-state index contributed by atoms with van der Waals surface area (Å²) in [5.41, 5.74) is 4.38. The fourth-order valence-corrected chi connectivity index (χ4v) is 4.42. The number of amides is 2. The number of fused-ring (bicyclic) bond motifs is 2. The molecule has 2 amide bonds. The largest absolute Gasteiger partial charge is 0.350 e. The number of nitrogens with zero attached hydrogens (tertiary/aromatic N) is 2. The topological polar surface area (TPSA) is 56.0 Å². The summed E-state index contributed by atoms with van der Waals surface area (Å²) in [5, 5.41) is 4.38. The van der Waals surface area contributed by atoms with Gasteiger partial charge in [0.2, 0.25) is 0 Å². The minimum absolute atomic E-state index is 0.356. The summed E-state index contributed by atoms with van der Waals surface area (Å²) in [7, 11) is 3.88. The van der Waals surface area contributed by atoms with Gasteiger partial charge < -0.3 is 9.13 Å². The standard InChI is InChI=1S/C22H16BrN3O2/c1-25-10-15(13-5-3-4-6-17(13)25)19-20(22(28)24-21(19)27)16-11-26(2)18-9-12(23)7-8-14(16)18/h3-11H,1-2H3,(H,24,27,28). The molecule has 2 aromatic carbocycles.